The molecule has 0 aromatic carbocycles. The minimum absolute atomic E-state index is 0.0249. The number of ether oxygens (including phenoxy) is 2. The minimum Gasteiger partial charge on any atom is -0.431 e. The Morgan fingerprint density at radius 2 is 1.77 bits per heavy atom. The van der Waals surface area contributed by atoms with Crippen LogP contribution in [0, 0.1) is 28.6 Å². The Kier molecular flexibility index (Phi) is 6.88. The van der Waals surface area contributed by atoms with Gasteiger partial charge in [-0.3, -0.25) is 0 Å². The molecule has 9 heteroatoms. The maximum atomic E-state index is 12.9. The monoisotopic (exact) mass is 546 g/mol. The smallest absolute Gasteiger partial charge is 0.335 e. The lowest BCUT2D eigenvalue weighted by Crippen LogP contribution is -2.63. The van der Waals surface area contributed by atoms with Gasteiger partial charge < -0.3 is 39.1 Å². The summed E-state index contributed by atoms with van der Waals surface area (Å²) in [5, 5.41) is 43.0. The van der Waals surface area contributed by atoms with Crippen LogP contribution in [0.5, 0.6) is 0 Å². The molecule has 1 saturated heterocycles. The van der Waals surface area contributed by atoms with Crippen LogP contribution < -0.4 is 5.63 Å². The summed E-state index contributed by atoms with van der Waals surface area (Å²) >= 11 is 0. The number of rotatable bonds is 4. The molecule has 13 atom stereocenters. The molecule has 4 N–H and O–H groups in total. The van der Waals surface area contributed by atoms with Crippen molar-refractivity contribution in [1.29, 1.82) is 0 Å². The molecule has 13 unspecified atom stereocenters. The van der Waals surface area contributed by atoms with Gasteiger partial charge in [0.15, 0.2) is 6.29 Å². The van der Waals surface area contributed by atoms with Crippen LogP contribution in [0.15, 0.2) is 27.6 Å². The molecule has 4 aliphatic carbocycles. The Morgan fingerprint density at radius 3 is 2.49 bits per heavy atom. The van der Waals surface area contributed by atoms with Crippen molar-refractivity contribution in [2.45, 2.75) is 120 Å². The number of fused-ring (bicyclic) bond motifs is 5. The third-order valence-electron chi connectivity index (χ3n) is 11.8. The molecular weight excluding hydrogens is 504 g/mol. The van der Waals surface area contributed by atoms with E-state index in [1.807, 2.05) is 6.07 Å². The van der Waals surface area contributed by atoms with Crippen molar-refractivity contribution in [3.05, 3.63) is 34.4 Å². The van der Waals surface area contributed by atoms with Gasteiger partial charge in [0.05, 0.1) is 24.1 Å². The molecule has 1 aliphatic heterocycles. The molecule has 0 bridgehead atoms. The first kappa shape index (κ1) is 27.5. The highest BCUT2D eigenvalue weighted by molar-refractivity contribution is 5.62. The summed E-state index contributed by atoms with van der Waals surface area (Å²) in [6.07, 6.45) is 3.67. The number of hydrogen-bond donors (Lipinski definition) is 4. The Morgan fingerprint density at radius 1 is 0.974 bits per heavy atom. The molecule has 0 radical (unpaired) electrons. The van der Waals surface area contributed by atoms with Crippen molar-refractivity contribution in [3.8, 4) is 0 Å². The van der Waals surface area contributed by atoms with E-state index in [2.05, 4.69) is 6.92 Å². The van der Waals surface area contributed by atoms with Gasteiger partial charge in [0, 0.05) is 16.9 Å². The molecule has 39 heavy (non-hydrogen) atoms. The van der Waals surface area contributed by atoms with Crippen LogP contribution in [0.2, 0.25) is 0 Å². The minimum atomic E-state index is -1.34. The van der Waals surface area contributed by atoms with Crippen LogP contribution in [0.4, 0.5) is 0 Å². The number of aldehydes is 1. The highest BCUT2D eigenvalue weighted by atomic mass is 16.7. The average molecular weight is 547 g/mol. The summed E-state index contributed by atoms with van der Waals surface area (Å²) in [6, 6.07) is 3.29. The van der Waals surface area contributed by atoms with Gasteiger partial charge in [0.1, 0.15) is 24.6 Å². The van der Waals surface area contributed by atoms with Gasteiger partial charge in [-0.1, -0.05) is 6.92 Å². The normalized spacial score (nSPS) is 51.4. The lowest BCUT2D eigenvalue weighted by atomic mass is 9.43. The van der Waals surface area contributed by atoms with E-state index in [0.29, 0.717) is 25.7 Å². The molecule has 0 amide bonds. The SMILES string of the molecule is CC1OC(OC2CCC3(C=O)C(CCC4C3CCC3(C)C(c5ccc(=O)oc5)CCC43O)C2)C(O)C(O)C1O. The van der Waals surface area contributed by atoms with Crippen molar-refractivity contribution < 1.29 is 39.1 Å². The Bertz CT molecular complexity index is 1120. The third-order valence-corrected chi connectivity index (χ3v) is 11.8. The first-order valence-electron chi connectivity index (χ1n) is 14.7. The standard InChI is InChI=1S/C30H42O9/c1-16-24(33)25(34)26(35)27(38-16)39-19-7-11-29(15-31)18(13-19)4-5-22-21(29)8-10-28(2)20(9-12-30(22,28)36)17-3-6-23(32)37-14-17/h3,6,14-16,18-22,24-27,33-36H,4-5,7-13H2,1-2H3. The second-order valence-electron chi connectivity index (χ2n) is 13.3. The van der Waals surface area contributed by atoms with Gasteiger partial charge in [-0.15, -0.1) is 0 Å². The molecule has 9 nitrogen and oxygen atoms in total. The van der Waals surface area contributed by atoms with Gasteiger partial charge >= 0.3 is 5.63 Å². The molecule has 216 valence electrons. The fourth-order valence-corrected chi connectivity index (χ4v) is 9.65. The number of carbonyl (C=O) groups is 1. The summed E-state index contributed by atoms with van der Waals surface area (Å²) in [5.74, 6) is 0.322. The molecule has 5 aliphatic rings. The summed E-state index contributed by atoms with van der Waals surface area (Å²) in [4.78, 5) is 24.5. The van der Waals surface area contributed by atoms with E-state index >= 15 is 0 Å². The van der Waals surface area contributed by atoms with Crippen LogP contribution in [0.3, 0.4) is 0 Å². The lowest BCUT2D eigenvalue weighted by molar-refractivity contribution is -0.309. The van der Waals surface area contributed by atoms with E-state index in [1.165, 1.54) is 12.4 Å². The van der Waals surface area contributed by atoms with Crippen molar-refractivity contribution in [3.63, 3.8) is 0 Å². The molecule has 2 heterocycles. The maximum Gasteiger partial charge on any atom is 0.335 e. The van der Waals surface area contributed by atoms with Gasteiger partial charge in [0.2, 0.25) is 0 Å². The molecule has 1 aromatic rings. The molecule has 0 spiro atoms. The third kappa shape index (κ3) is 4.02. The van der Waals surface area contributed by atoms with E-state index in [-0.39, 0.29) is 40.8 Å². The van der Waals surface area contributed by atoms with E-state index < -0.39 is 41.7 Å². The van der Waals surface area contributed by atoms with E-state index in [1.54, 1.807) is 13.2 Å². The van der Waals surface area contributed by atoms with Crippen LogP contribution >= 0.6 is 0 Å². The van der Waals surface area contributed by atoms with Crippen LogP contribution in [-0.2, 0) is 14.3 Å². The highest BCUT2D eigenvalue weighted by Gasteiger charge is 2.68. The fourth-order valence-electron chi connectivity index (χ4n) is 9.65. The molecule has 6 rings (SSSR count). The van der Waals surface area contributed by atoms with Crippen LogP contribution in [-0.4, -0.2) is 69.1 Å². The Hall–Kier alpha value is -1.62. The van der Waals surface area contributed by atoms with E-state index in [4.69, 9.17) is 13.9 Å². The first-order chi connectivity index (χ1) is 18.5. The summed E-state index contributed by atoms with van der Waals surface area (Å²) in [5.41, 5.74) is -1.19. The predicted molar refractivity (Wildman–Crippen MR) is 139 cm³/mol. The molecule has 1 aromatic heterocycles. The Labute approximate surface area is 228 Å². The van der Waals surface area contributed by atoms with Gasteiger partial charge in [-0.05, 0) is 100 Å². The topological polar surface area (TPSA) is 147 Å². The molecule has 5 fully saturated rings. The predicted octanol–water partition coefficient (Wildman–Crippen LogP) is 2.27. The molecular formula is C30H42O9. The first-order valence-corrected chi connectivity index (χ1v) is 14.7. The molecule has 4 saturated carbocycles. The quantitative estimate of drug-likeness (QED) is 0.330. The lowest BCUT2D eigenvalue weighted by Gasteiger charge is -2.63. The van der Waals surface area contributed by atoms with Crippen molar-refractivity contribution >= 4 is 6.29 Å². The van der Waals surface area contributed by atoms with Crippen molar-refractivity contribution in [2.24, 2.45) is 28.6 Å². The summed E-state index contributed by atoms with van der Waals surface area (Å²) in [7, 11) is 0. The number of aliphatic hydroxyl groups excluding tert-OH is 3. The second-order valence-corrected chi connectivity index (χ2v) is 13.3. The largest absolute Gasteiger partial charge is 0.431 e. The van der Waals surface area contributed by atoms with E-state index in [9.17, 15) is 30.0 Å². The summed E-state index contributed by atoms with van der Waals surface area (Å²) < 4.78 is 17.0. The average Bonchev–Trinajstić information content (AvgIpc) is 3.21. The van der Waals surface area contributed by atoms with Gasteiger partial charge in [0.25, 0.3) is 0 Å². The maximum absolute atomic E-state index is 12.9. The number of aliphatic hydroxyl groups is 4. The van der Waals surface area contributed by atoms with Crippen molar-refractivity contribution in [2.75, 3.05) is 0 Å². The van der Waals surface area contributed by atoms with Crippen LogP contribution in [0.1, 0.15) is 83.1 Å². The number of hydrogen-bond acceptors (Lipinski definition) is 9. The summed E-state index contributed by atoms with van der Waals surface area (Å²) in [6.45, 7) is 3.82. The van der Waals surface area contributed by atoms with Gasteiger partial charge in [-0.25, -0.2) is 4.79 Å². The van der Waals surface area contributed by atoms with Crippen molar-refractivity contribution in [1.82, 2.24) is 0 Å². The second kappa shape index (κ2) is 9.74. The zero-order valence-corrected chi connectivity index (χ0v) is 22.8. The Balaban J connectivity index is 1.20. The van der Waals surface area contributed by atoms with E-state index in [0.717, 1.165) is 37.7 Å². The van der Waals surface area contributed by atoms with Gasteiger partial charge in [-0.2, -0.15) is 0 Å². The number of carbonyl (C=O) groups excluding carboxylic acids is 1. The van der Waals surface area contributed by atoms with Crippen LogP contribution in [0.25, 0.3) is 0 Å². The highest BCUT2D eigenvalue weighted by Crippen LogP contribution is 2.70. The zero-order chi connectivity index (χ0) is 27.7. The fraction of sp³-hybridized carbons (Fsp3) is 0.800. The zero-order valence-electron chi connectivity index (χ0n) is 22.8.